The topological polar surface area (TPSA) is 6.48 Å². The van der Waals surface area contributed by atoms with Crippen LogP contribution in [-0.4, -0.2) is 0 Å². The summed E-state index contributed by atoms with van der Waals surface area (Å²) in [4.78, 5) is 4.96. The molecule has 0 aliphatic rings. The van der Waals surface area contributed by atoms with Gasteiger partial charge in [-0.05, 0) is 188 Å². The van der Waals surface area contributed by atoms with Crippen molar-refractivity contribution in [3.63, 3.8) is 0 Å². The zero-order valence-corrected chi connectivity index (χ0v) is 41.5. The van der Waals surface area contributed by atoms with Crippen LogP contribution in [-0.2, 0) is 25.7 Å². The van der Waals surface area contributed by atoms with Gasteiger partial charge < -0.3 is 9.80 Å². The highest BCUT2D eigenvalue weighted by Gasteiger charge is 2.23. The lowest BCUT2D eigenvalue weighted by atomic mass is 9.85. The van der Waals surface area contributed by atoms with Crippen molar-refractivity contribution >= 4 is 55.7 Å². The molecule has 9 aromatic rings. The van der Waals surface area contributed by atoms with E-state index in [1.807, 2.05) is 0 Å². The first-order chi connectivity index (χ1) is 33.0. The van der Waals surface area contributed by atoms with Gasteiger partial charge in [0.1, 0.15) is 0 Å². The smallest absolute Gasteiger partial charge is 0.0468 e. The molecule has 2 nitrogen and oxygen atoms in total. The molecule has 9 rings (SSSR count). The zero-order valence-electron chi connectivity index (χ0n) is 41.5. The maximum absolute atomic E-state index is 2.48. The minimum atomic E-state index is 0.554. The molecular weight excluding hydrogens is 821 g/mol. The highest BCUT2D eigenvalue weighted by Crippen LogP contribution is 2.48. The van der Waals surface area contributed by atoms with Crippen molar-refractivity contribution in [3.8, 4) is 22.3 Å². The molecule has 0 fully saturated rings. The molecule has 0 amide bonds. The van der Waals surface area contributed by atoms with Crippen molar-refractivity contribution in [2.24, 2.45) is 23.7 Å². The fourth-order valence-corrected chi connectivity index (χ4v) is 10.5. The van der Waals surface area contributed by atoms with Crippen molar-refractivity contribution in [1.29, 1.82) is 0 Å². The van der Waals surface area contributed by atoms with Crippen molar-refractivity contribution in [2.45, 2.75) is 81.1 Å². The van der Waals surface area contributed by atoms with Crippen molar-refractivity contribution in [2.75, 3.05) is 9.80 Å². The summed E-state index contributed by atoms with van der Waals surface area (Å²) >= 11 is 0. The molecule has 0 saturated heterocycles. The largest absolute Gasteiger partial charge is 0.310 e. The molecule has 342 valence electrons. The Balaban J connectivity index is 1.34. The Kier molecular flexibility index (Phi) is 14.0. The second-order valence-corrected chi connectivity index (χ2v) is 20.7. The third-order valence-electron chi connectivity index (χ3n) is 12.9. The molecule has 0 saturated carbocycles. The molecule has 0 atom stereocenters. The molecule has 2 heteroatoms. The summed E-state index contributed by atoms with van der Waals surface area (Å²) < 4.78 is 0. The van der Waals surface area contributed by atoms with E-state index in [9.17, 15) is 0 Å². The summed E-state index contributed by atoms with van der Waals surface area (Å²) in [6, 6.07) is 73.0. The Hall–Kier alpha value is -6.90. The number of anilines is 6. The van der Waals surface area contributed by atoms with E-state index in [0.717, 1.165) is 48.4 Å². The Morgan fingerprint density at radius 1 is 0.265 bits per heavy atom. The Bertz CT molecular complexity index is 2840. The van der Waals surface area contributed by atoms with E-state index in [-0.39, 0.29) is 0 Å². The number of hydrogen-bond donors (Lipinski definition) is 0. The molecule has 0 heterocycles. The average Bonchev–Trinajstić information content (AvgIpc) is 3.31. The van der Waals surface area contributed by atoms with Gasteiger partial charge in [0.05, 0.1) is 0 Å². The highest BCUT2D eigenvalue weighted by molar-refractivity contribution is 6.22. The summed E-state index contributed by atoms with van der Waals surface area (Å²) in [5.41, 5.74) is 17.4. The lowest BCUT2D eigenvalue weighted by molar-refractivity contribution is 0.636. The number of fused-ring (bicyclic) bond motifs is 2. The molecule has 0 N–H and O–H groups in total. The van der Waals surface area contributed by atoms with Gasteiger partial charge in [0.25, 0.3) is 0 Å². The van der Waals surface area contributed by atoms with E-state index in [4.69, 9.17) is 0 Å². The monoisotopic (exact) mass is 889 g/mol. The predicted octanol–water partition coefficient (Wildman–Crippen LogP) is 19.1. The fourth-order valence-electron chi connectivity index (χ4n) is 10.5. The summed E-state index contributed by atoms with van der Waals surface area (Å²) in [6.45, 7) is 18.6. The van der Waals surface area contributed by atoms with Gasteiger partial charge in [-0.3, -0.25) is 0 Å². The highest BCUT2D eigenvalue weighted by atomic mass is 15.1. The van der Waals surface area contributed by atoms with Crippen LogP contribution in [0.4, 0.5) is 34.1 Å². The van der Waals surface area contributed by atoms with Crippen LogP contribution in [0.2, 0.25) is 0 Å². The van der Waals surface area contributed by atoms with E-state index >= 15 is 0 Å². The van der Waals surface area contributed by atoms with Gasteiger partial charge in [0.2, 0.25) is 0 Å². The first-order valence-electron chi connectivity index (χ1n) is 25.1. The first kappa shape index (κ1) is 46.2. The maximum Gasteiger partial charge on any atom is 0.0468 e. The van der Waals surface area contributed by atoms with E-state index < -0.39 is 0 Å². The number of benzene rings is 9. The normalized spacial score (nSPS) is 11.7. The van der Waals surface area contributed by atoms with E-state index in [1.54, 1.807) is 0 Å². The zero-order chi connectivity index (χ0) is 47.3. The minimum absolute atomic E-state index is 0.554. The number of para-hydroxylation sites is 2. The van der Waals surface area contributed by atoms with Crippen molar-refractivity contribution in [3.05, 3.63) is 216 Å². The van der Waals surface area contributed by atoms with Crippen molar-refractivity contribution < 1.29 is 0 Å². The van der Waals surface area contributed by atoms with E-state index in [2.05, 4.69) is 259 Å². The maximum atomic E-state index is 2.48. The SMILES string of the molecule is CC(C)Cc1cc(CC(C)C)cc(N(c2ccccc2)c2ccc3c(-c4ccccc4)c4cc(N(c5ccccc5)c5cc(CC(C)C)cc(CC(C)C)c5)ccc4c(-c4ccccc4)c3c2)c1. The molecule has 0 unspecified atom stereocenters. The minimum Gasteiger partial charge on any atom is -0.310 e. The lowest BCUT2D eigenvalue weighted by Gasteiger charge is -2.29. The van der Waals surface area contributed by atoms with Crippen LogP contribution < -0.4 is 9.80 Å². The second-order valence-electron chi connectivity index (χ2n) is 20.7. The van der Waals surface area contributed by atoms with Gasteiger partial charge in [0.15, 0.2) is 0 Å². The van der Waals surface area contributed by atoms with Crippen LogP contribution in [0.25, 0.3) is 43.8 Å². The lowest BCUT2D eigenvalue weighted by Crippen LogP contribution is -2.12. The molecule has 0 radical (unpaired) electrons. The third-order valence-corrected chi connectivity index (χ3v) is 12.9. The number of rotatable bonds is 16. The average molecular weight is 889 g/mol. The first-order valence-corrected chi connectivity index (χ1v) is 25.1. The molecule has 0 aliphatic carbocycles. The van der Waals surface area contributed by atoms with Gasteiger partial charge in [-0.15, -0.1) is 0 Å². The fraction of sp³-hybridized carbons (Fsp3) is 0.242. The summed E-state index contributed by atoms with van der Waals surface area (Å²) in [5.74, 6) is 2.22. The third kappa shape index (κ3) is 10.3. The van der Waals surface area contributed by atoms with Crippen LogP contribution in [0.1, 0.15) is 77.6 Å². The van der Waals surface area contributed by atoms with E-state index in [0.29, 0.717) is 23.7 Å². The molecule has 0 aliphatic heterocycles. The molecule has 9 aromatic carbocycles. The van der Waals surface area contributed by atoms with Crippen LogP contribution in [0.5, 0.6) is 0 Å². The number of nitrogens with zero attached hydrogens (tertiary/aromatic N) is 2. The standard InChI is InChI=1S/C66H68N2/c1-45(2)33-49-37-50(34-46(3)4)40-59(39-49)67(55-25-17-11-18-26-55)57-29-31-61-63(43-57)65(53-21-13-9-14-22-53)62-32-30-58(44-64(62)66(61)54-23-15-10-16-24-54)68(56-27-19-12-20-28-56)60-41-51(35-47(5)6)38-52(42-60)36-48(7)8/h9-32,37-48H,33-36H2,1-8H3. The van der Waals surface area contributed by atoms with Crippen LogP contribution in [0.15, 0.2) is 194 Å². The van der Waals surface area contributed by atoms with Crippen LogP contribution in [0, 0.1) is 23.7 Å². The molecule has 0 aromatic heterocycles. The molecule has 68 heavy (non-hydrogen) atoms. The molecular formula is C66H68N2. The van der Waals surface area contributed by atoms with Crippen molar-refractivity contribution in [1.82, 2.24) is 0 Å². The van der Waals surface area contributed by atoms with Gasteiger partial charge in [-0.25, -0.2) is 0 Å². The van der Waals surface area contributed by atoms with Crippen LogP contribution in [0.3, 0.4) is 0 Å². The predicted molar refractivity (Wildman–Crippen MR) is 296 cm³/mol. The van der Waals surface area contributed by atoms with Gasteiger partial charge in [-0.2, -0.15) is 0 Å². The molecule has 0 bridgehead atoms. The quantitative estimate of drug-likeness (QED) is 0.0892. The van der Waals surface area contributed by atoms with E-state index in [1.165, 1.54) is 77.4 Å². The summed E-state index contributed by atoms with van der Waals surface area (Å²) in [6.07, 6.45) is 4.15. The van der Waals surface area contributed by atoms with Gasteiger partial charge in [-0.1, -0.05) is 177 Å². The summed E-state index contributed by atoms with van der Waals surface area (Å²) in [7, 11) is 0. The van der Waals surface area contributed by atoms with Gasteiger partial charge >= 0.3 is 0 Å². The Morgan fingerprint density at radius 3 is 0.853 bits per heavy atom. The number of hydrogen-bond acceptors (Lipinski definition) is 2. The second kappa shape index (κ2) is 20.5. The van der Waals surface area contributed by atoms with Gasteiger partial charge in [0, 0.05) is 34.1 Å². The molecule has 0 spiro atoms. The van der Waals surface area contributed by atoms with Crippen LogP contribution >= 0.6 is 0 Å². The Labute approximate surface area is 406 Å². The Morgan fingerprint density at radius 2 is 0.559 bits per heavy atom. The summed E-state index contributed by atoms with van der Waals surface area (Å²) in [5, 5.41) is 4.92.